The molecule has 2 saturated heterocycles. The first-order valence-electron chi connectivity index (χ1n) is 11.8. The van der Waals surface area contributed by atoms with Crippen LogP contribution in [0.2, 0.25) is 0 Å². The highest BCUT2D eigenvalue weighted by Crippen LogP contribution is 2.31. The number of aromatic nitrogens is 3. The van der Waals surface area contributed by atoms with Gasteiger partial charge in [-0.25, -0.2) is 9.37 Å². The Kier molecular flexibility index (Phi) is 5.99. The molecule has 4 heterocycles. The number of hydrogen-bond acceptors (Lipinski definition) is 6. The number of fused-ring (bicyclic) bond motifs is 1. The first-order chi connectivity index (χ1) is 16.3. The Hall–Kier alpha value is -3.04. The van der Waals surface area contributed by atoms with Crippen LogP contribution in [0.4, 0.5) is 4.39 Å². The predicted molar refractivity (Wildman–Crippen MR) is 126 cm³/mol. The minimum Gasteiger partial charge on any atom is -0.508 e. The van der Waals surface area contributed by atoms with Gasteiger partial charge < -0.3 is 14.7 Å². The molecular formula is C25H30FN5O3. The third-order valence-corrected chi connectivity index (χ3v) is 7.06. The molecule has 1 amide bonds. The van der Waals surface area contributed by atoms with Crippen LogP contribution in [0, 0.1) is 18.7 Å². The first-order valence-corrected chi connectivity index (χ1v) is 11.8. The molecule has 8 nitrogen and oxygen atoms in total. The molecule has 0 bridgehead atoms. The summed E-state index contributed by atoms with van der Waals surface area (Å²) in [5.41, 5.74) is 2.07. The van der Waals surface area contributed by atoms with Crippen LogP contribution in [0.25, 0.3) is 22.3 Å². The van der Waals surface area contributed by atoms with Crippen LogP contribution < -0.4 is 0 Å². The number of halogens is 1. The number of benzene rings is 1. The Labute approximate surface area is 197 Å². The monoisotopic (exact) mass is 467 g/mol. The zero-order chi connectivity index (χ0) is 24.0. The molecule has 2 aromatic heterocycles. The standard InChI is InChI=1S/C25H30FN5O3/c1-14-11-31(15(2)10-30(14)12-17-6-7-34-13-17)25(33)20-9-22(19-5-4-18(32)8-21(19)26)27-24-23(20)16(3)28-29-24/h4-5,8-9,14-15,17,32H,6-7,10-13H2,1-3H3,(H,27,28,29). The van der Waals surface area contributed by atoms with E-state index in [1.807, 2.05) is 11.8 Å². The summed E-state index contributed by atoms with van der Waals surface area (Å²) in [6.07, 6.45) is 1.09. The molecule has 2 aliphatic heterocycles. The van der Waals surface area contributed by atoms with Crippen molar-refractivity contribution in [2.75, 3.05) is 32.8 Å². The van der Waals surface area contributed by atoms with Crippen molar-refractivity contribution in [3.63, 3.8) is 0 Å². The number of amides is 1. The van der Waals surface area contributed by atoms with E-state index in [9.17, 15) is 14.3 Å². The third kappa shape index (κ3) is 4.14. The van der Waals surface area contributed by atoms with Crippen LogP contribution in [0.5, 0.6) is 5.75 Å². The maximum Gasteiger partial charge on any atom is 0.255 e. The number of carbonyl (C=O) groups excluding carboxylic acids is 1. The van der Waals surface area contributed by atoms with Gasteiger partial charge in [0.05, 0.1) is 23.3 Å². The summed E-state index contributed by atoms with van der Waals surface area (Å²) in [7, 11) is 0. The number of carbonyl (C=O) groups is 1. The van der Waals surface area contributed by atoms with Gasteiger partial charge in [0, 0.05) is 55.6 Å². The number of aromatic amines is 1. The van der Waals surface area contributed by atoms with Gasteiger partial charge in [-0.05, 0) is 51.3 Å². The van der Waals surface area contributed by atoms with Crippen LogP contribution in [-0.2, 0) is 4.74 Å². The van der Waals surface area contributed by atoms with Gasteiger partial charge in [0.2, 0.25) is 0 Å². The number of ether oxygens (including phenoxy) is 1. The number of phenols is 1. The van der Waals surface area contributed by atoms with Gasteiger partial charge in [0.15, 0.2) is 5.65 Å². The normalized spacial score (nSPS) is 23.6. The largest absolute Gasteiger partial charge is 0.508 e. The van der Waals surface area contributed by atoms with E-state index in [1.54, 1.807) is 6.07 Å². The Morgan fingerprint density at radius 1 is 1.26 bits per heavy atom. The van der Waals surface area contributed by atoms with E-state index in [0.717, 1.165) is 44.5 Å². The number of hydrogen-bond donors (Lipinski definition) is 2. The van der Waals surface area contributed by atoms with E-state index >= 15 is 0 Å². The van der Waals surface area contributed by atoms with E-state index in [2.05, 4.69) is 33.9 Å². The second-order valence-corrected chi connectivity index (χ2v) is 9.61. The number of phenolic OH excluding ortho intramolecular Hbond substituents is 1. The second-order valence-electron chi connectivity index (χ2n) is 9.61. The predicted octanol–water partition coefficient (Wildman–Crippen LogP) is 3.35. The van der Waals surface area contributed by atoms with E-state index in [0.29, 0.717) is 34.8 Å². The molecule has 1 aromatic carbocycles. The second kappa shape index (κ2) is 8.96. The summed E-state index contributed by atoms with van der Waals surface area (Å²) in [5, 5.41) is 17.4. The summed E-state index contributed by atoms with van der Waals surface area (Å²) in [4.78, 5) is 22.7. The molecule has 3 aromatic rings. The molecule has 2 N–H and O–H groups in total. The lowest BCUT2D eigenvalue weighted by molar-refractivity contribution is 0.0258. The van der Waals surface area contributed by atoms with Crippen LogP contribution in [0.15, 0.2) is 24.3 Å². The summed E-state index contributed by atoms with van der Waals surface area (Å²) >= 11 is 0. The van der Waals surface area contributed by atoms with Gasteiger partial charge in [-0.15, -0.1) is 0 Å². The fraction of sp³-hybridized carbons (Fsp3) is 0.480. The van der Waals surface area contributed by atoms with Crippen LogP contribution in [0.1, 0.15) is 36.3 Å². The molecule has 0 radical (unpaired) electrons. The number of pyridine rings is 1. The molecule has 0 saturated carbocycles. The number of aryl methyl sites for hydroxylation is 1. The summed E-state index contributed by atoms with van der Waals surface area (Å²) < 4.78 is 20.2. The van der Waals surface area contributed by atoms with E-state index in [-0.39, 0.29) is 29.3 Å². The number of aromatic hydroxyl groups is 1. The van der Waals surface area contributed by atoms with Crippen molar-refractivity contribution in [3.8, 4) is 17.0 Å². The lowest BCUT2D eigenvalue weighted by Crippen LogP contribution is -2.58. The van der Waals surface area contributed by atoms with E-state index in [1.165, 1.54) is 12.1 Å². The highest BCUT2D eigenvalue weighted by atomic mass is 19.1. The van der Waals surface area contributed by atoms with Gasteiger partial charge in [0.25, 0.3) is 5.91 Å². The van der Waals surface area contributed by atoms with E-state index in [4.69, 9.17) is 4.74 Å². The van der Waals surface area contributed by atoms with Gasteiger partial charge in [0.1, 0.15) is 11.6 Å². The number of rotatable bonds is 4. The minimum absolute atomic E-state index is 0.0234. The SMILES string of the molecule is Cc1[nH]nc2nc(-c3ccc(O)cc3F)cc(C(=O)N3CC(C)N(CC4CCOC4)CC3C)c12. The van der Waals surface area contributed by atoms with Crippen LogP contribution >= 0.6 is 0 Å². The average molecular weight is 468 g/mol. The average Bonchev–Trinajstić information content (AvgIpc) is 3.45. The molecule has 2 fully saturated rings. The number of nitrogens with zero attached hydrogens (tertiary/aromatic N) is 4. The molecule has 2 aliphatic rings. The highest BCUT2D eigenvalue weighted by molar-refractivity contribution is 6.07. The van der Waals surface area contributed by atoms with Crippen LogP contribution in [-0.4, -0.2) is 80.9 Å². The first kappa shape index (κ1) is 22.7. The molecule has 9 heteroatoms. The molecule has 5 rings (SSSR count). The Bertz CT molecular complexity index is 1220. The smallest absolute Gasteiger partial charge is 0.255 e. The number of H-pyrrole nitrogens is 1. The zero-order valence-corrected chi connectivity index (χ0v) is 19.7. The number of piperazine rings is 1. The maximum absolute atomic E-state index is 14.6. The van der Waals surface area contributed by atoms with Crippen molar-refractivity contribution in [3.05, 3.63) is 41.3 Å². The zero-order valence-electron chi connectivity index (χ0n) is 19.7. The summed E-state index contributed by atoms with van der Waals surface area (Å²) in [6.45, 7) is 10.1. The van der Waals surface area contributed by atoms with Crippen molar-refractivity contribution < 1.29 is 19.0 Å². The lowest BCUT2D eigenvalue weighted by Gasteiger charge is -2.45. The Morgan fingerprint density at radius 2 is 2.09 bits per heavy atom. The molecule has 180 valence electrons. The van der Waals surface area contributed by atoms with Crippen molar-refractivity contribution in [1.82, 2.24) is 25.0 Å². The van der Waals surface area contributed by atoms with Crippen molar-refractivity contribution in [2.45, 2.75) is 39.3 Å². The fourth-order valence-corrected chi connectivity index (χ4v) is 5.14. The maximum atomic E-state index is 14.6. The molecule has 0 aliphatic carbocycles. The van der Waals surface area contributed by atoms with Crippen molar-refractivity contribution >= 4 is 16.9 Å². The Balaban J connectivity index is 1.47. The third-order valence-electron chi connectivity index (χ3n) is 7.06. The highest BCUT2D eigenvalue weighted by Gasteiger charge is 2.35. The summed E-state index contributed by atoms with van der Waals surface area (Å²) in [6, 6.07) is 5.79. The topological polar surface area (TPSA) is 94.6 Å². The Morgan fingerprint density at radius 3 is 2.82 bits per heavy atom. The quantitative estimate of drug-likeness (QED) is 0.611. The molecular weight excluding hydrogens is 437 g/mol. The minimum atomic E-state index is -0.607. The summed E-state index contributed by atoms with van der Waals surface area (Å²) in [5.74, 6) is -0.336. The molecule has 3 unspecified atom stereocenters. The molecule has 34 heavy (non-hydrogen) atoms. The lowest BCUT2D eigenvalue weighted by atomic mass is 10.0. The van der Waals surface area contributed by atoms with Crippen molar-refractivity contribution in [2.24, 2.45) is 5.92 Å². The van der Waals surface area contributed by atoms with Crippen LogP contribution in [0.3, 0.4) is 0 Å². The van der Waals surface area contributed by atoms with Crippen molar-refractivity contribution in [1.29, 1.82) is 0 Å². The van der Waals surface area contributed by atoms with E-state index < -0.39 is 5.82 Å². The van der Waals surface area contributed by atoms with Gasteiger partial charge in [-0.3, -0.25) is 14.8 Å². The number of nitrogens with one attached hydrogen (secondary N) is 1. The van der Waals surface area contributed by atoms with Gasteiger partial charge in [-0.2, -0.15) is 5.10 Å². The fourth-order valence-electron chi connectivity index (χ4n) is 5.14. The molecule has 0 spiro atoms. The van der Waals surface area contributed by atoms with Gasteiger partial charge in [-0.1, -0.05) is 0 Å². The van der Waals surface area contributed by atoms with Gasteiger partial charge >= 0.3 is 0 Å². The molecule has 3 atom stereocenters.